The highest BCUT2D eigenvalue weighted by molar-refractivity contribution is 6.71. The van der Waals surface area contributed by atoms with E-state index in [4.69, 9.17) is 14.2 Å². The maximum Gasteiger partial charge on any atom is 0.264 e. The fraction of sp³-hybridized carbons (Fsp3) is 0.357. The molecule has 54 heavy (non-hydrogen) atoms. The van der Waals surface area contributed by atoms with Crippen LogP contribution in [0.1, 0.15) is 46.0 Å². The highest BCUT2D eigenvalue weighted by atomic mass is 28.4. The number of nitrogens with zero attached hydrogens (tertiary/aromatic N) is 2. The van der Waals surface area contributed by atoms with Crippen LogP contribution in [-0.4, -0.2) is 73.8 Å². The van der Waals surface area contributed by atoms with Crippen molar-refractivity contribution in [2.45, 2.75) is 69.2 Å². The molecule has 282 valence electrons. The van der Waals surface area contributed by atoms with Crippen molar-refractivity contribution in [1.29, 1.82) is 0 Å². The standard InChI is InChI=1S/C42H47N3O8Si/c1-26-39(54(4,5)50)37(22-38(47)44-24-30-9-7-6-8-29(30)20-32(44)25-46)53-42(26)35-21-34(52-3)18-19-36(35)45(41(42)49)23-27-10-14-31(15-11-27)43-40(48)28-12-16-33(51-2)17-13-28/h6-19,21,26,32,37,39,46,50H,20,22-25H2,1-5H3,(H,43,48)/t26-,32+,37+,39-,42+/m1/s1. The van der Waals surface area contributed by atoms with Gasteiger partial charge >= 0.3 is 0 Å². The number of aliphatic hydroxyl groups excluding tert-OH is 1. The summed E-state index contributed by atoms with van der Waals surface area (Å²) in [7, 11) is 0.0898. The Morgan fingerprint density at radius 1 is 0.944 bits per heavy atom. The van der Waals surface area contributed by atoms with Crippen LogP contribution in [0.25, 0.3) is 0 Å². The number of carbonyl (C=O) groups excluding carboxylic acids is 3. The van der Waals surface area contributed by atoms with Crippen molar-refractivity contribution < 1.29 is 38.5 Å². The number of hydrogen-bond acceptors (Lipinski definition) is 8. The van der Waals surface area contributed by atoms with Gasteiger partial charge < -0.3 is 39.2 Å². The summed E-state index contributed by atoms with van der Waals surface area (Å²) in [5.41, 5.74) is 3.46. The van der Waals surface area contributed by atoms with Crippen LogP contribution in [0.2, 0.25) is 18.6 Å². The van der Waals surface area contributed by atoms with Crippen molar-refractivity contribution in [1.82, 2.24) is 4.90 Å². The summed E-state index contributed by atoms with van der Waals surface area (Å²) in [6.07, 6.45) is -0.236. The zero-order valence-corrected chi connectivity index (χ0v) is 32.2. The monoisotopic (exact) mass is 749 g/mol. The minimum absolute atomic E-state index is 0.0390. The number of anilines is 2. The van der Waals surface area contributed by atoms with Gasteiger partial charge in [0.2, 0.25) is 5.91 Å². The summed E-state index contributed by atoms with van der Waals surface area (Å²) in [6, 6.07) is 27.2. The second kappa shape index (κ2) is 14.7. The Balaban J connectivity index is 1.16. The van der Waals surface area contributed by atoms with Crippen LogP contribution < -0.4 is 19.7 Å². The maximum absolute atomic E-state index is 15.0. The average molecular weight is 750 g/mol. The number of methoxy groups -OCH3 is 2. The molecule has 0 saturated carbocycles. The van der Waals surface area contributed by atoms with Gasteiger partial charge in [0, 0.05) is 34.8 Å². The smallest absolute Gasteiger partial charge is 0.264 e. The molecule has 11 nitrogen and oxygen atoms in total. The molecule has 0 aliphatic carbocycles. The lowest BCUT2D eigenvalue weighted by Crippen LogP contribution is -2.48. The van der Waals surface area contributed by atoms with Gasteiger partial charge in [-0.25, -0.2) is 0 Å². The average Bonchev–Trinajstić information content (AvgIpc) is 3.60. The van der Waals surface area contributed by atoms with Crippen LogP contribution in [0.3, 0.4) is 0 Å². The van der Waals surface area contributed by atoms with Crippen LogP contribution in [0.5, 0.6) is 11.5 Å². The molecular formula is C42H47N3O8Si. The minimum Gasteiger partial charge on any atom is -0.497 e. The topological polar surface area (TPSA) is 138 Å². The van der Waals surface area contributed by atoms with E-state index in [9.17, 15) is 24.3 Å². The molecule has 1 saturated heterocycles. The van der Waals surface area contributed by atoms with E-state index in [1.54, 1.807) is 60.4 Å². The van der Waals surface area contributed by atoms with Gasteiger partial charge in [0.15, 0.2) is 13.9 Å². The van der Waals surface area contributed by atoms with Crippen LogP contribution >= 0.6 is 0 Å². The third-order valence-corrected chi connectivity index (χ3v) is 13.9. The van der Waals surface area contributed by atoms with Gasteiger partial charge in [0.1, 0.15) is 11.5 Å². The van der Waals surface area contributed by atoms with E-state index < -0.39 is 31.5 Å². The van der Waals surface area contributed by atoms with E-state index in [1.165, 1.54) is 0 Å². The van der Waals surface area contributed by atoms with Crippen LogP contribution in [-0.2, 0) is 39.4 Å². The number of hydrogen-bond donors (Lipinski definition) is 3. The van der Waals surface area contributed by atoms with E-state index >= 15 is 0 Å². The van der Waals surface area contributed by atoms with Gasteiger partial charge in [-0.1, -0.05) is 43.3 Å². The number of aliphatic hydroxyl groups is 1. The molecule has 0 aromatic heterocycles. The number of amides is 3. The summed E-state index contributed by atoms with van der Waals surface area (Å²) >= 11 is 0. The Bertz CT molecular complexity index is 2050. The fourth-order valence-corrected chi connectivity index (χ4v) is 11.2. The first-order valence-corrected chi connectivity index (χ1v) is 21.3. The lowest BCUT2D eigenvalue weighted by molar-refractivity contribution is -0.151. The van der Waals surface area contributed by atoms with E-state index in [1.807, 2.05) is 74.6 Å². The summed E-state index contributed by atoms with van der Waals surface area (Å²) in [6.45, 7) is 6.03. The number of benzene rings is 4. The predicted octanol–water partition coefficient (Wildman–Crippen LogP) is 5.64. The van der Waals surface area contributed by atoms with Crippen molar-refractivity contribution in [2.75, 3.05) is 31.0 Å². The molecule has 0 radical (unpaired) electrons. The van der Waals surface area contributed by atoms with Crippen LogP contribution in [0, 0.1) is 5.92 Å². The lowest BCUT2D eigenvalue weighted by Gasteiger charge is -2.37. The summed E-state index contributed by atoms with van der Waals surface area (Å²) in [5, 5.41) is 13.2. The number of fused-ring (bicyclic) bond motifs is 3. The van der Waals surface area contributed by atoms with E-state index in [0.717, 1.165) is 16.7 Å². The molecule has 3 aliphatic heterocycles. The molecule has 5 atom stereocenters. The van der Waals surface area contributed by atoms with Gasteiger partial charge in [0.25, 0.3) is 11.8 Å². The van der Waals surface area contributed by atoms with Gasteiger partial charge in [-0.05, 0) is 90.8 Å². The molecule has 1 spiro atoms. The Morgan fingerprint density at radius 2 is 1.61 bits per heavy atom. The first kappa shape index (κ1) is 37.3. The molecule has 1 fully saturated rings. The molecule has 4 aromatic carbocycles. The highest BCUT2D eigenvalue weighted by Gasteiger charge is 2.66. The van der Waals surface area contributed by atoms with E-state index in [0.29, 0.717) is 47.0 Å². The largest absolute Gasteiger partial charge is 0.497 e. The summed E-state index contributed by atoms with van der Waals surface area (Å²) in [5.74, 6) is 0.0314. The summed E-state index contributed by atoms with van der Waals surface area (Å²) < 4.78 is 17.8. The zero-order chi connectivity index (χ0) is 38.4. The predicted molar refractivity (Wildman–Crippen MR) is 207 cm³/mol. The first-order valence-electron chi connectivity index (χ1n) is 18.3. The Morgan fingerprint density at radius 3 is 2.26 bits per heavy atom. The van der Waals surface area contributed by atoms with Crippen LogP contribution in [0.15, 0.2) is 91.0 Å². The number of nitrogens with one attached hydrogen (secondary N) is 1. The molecule has 3 heterocycles. The first-order chi connectivity index (χ1) is 25.9. The number of ether oxygens (including phenoxy) is 3. The van der Waals surface area contributed by atoms with Gasteiger partial charge in [-0.2, -0.15) is 0 Å². The van der Waals surface area contributed by atoms with E-state index in [2.05, 4.69) is 5.32 Å². The lowest BCUT2D eigenvalue weighted by atomic mass is 9.82. The molecule has 3 aliphatic rings. The quantitative estimate of drug-likeness (QED) is 0.177. The normalized spacial score (nSPS) is 23.3. The minimum atomic E-state index is -3.05. The van der Waals surface area contributed by atoms with Gasteiger partial charge in [-0.3, -0.25) is 14.4 Å². The second-order valence-corrected chi connectivity index (χ2v) is 19.0. The van der Waals surface area contributed by atoms with Crippen LogP contribution in [0.4, 0.5) is 11.4 Å². The van der Waals surface area contributed by atoms with Gasteiger partial charge in [0.05, 0.1) is 51.6 Å². The third-order valence-electron chi connectivity index (χ3n) is 11.4. The molecular weight excluding hydrogens is 703 g/mol. The SMILES string of the molecule is COc1ccc(C(=O)Nc2ccc(CN3C(=O)[C@@]4(O[C@@H](CC(=O)N5Cc6ccccc6C[C@H]5CO)[C@H]([Si](C)(C)O)[C@H]4C)c4cc(OC)ccc43)cc2)cc1. The molecule has 3 amide bonds. The Hall–Kier alpha value is -5.01. The van der Waals surface area contributed by atoms with Crippen molar-refractivity contribution in [3.63, 3.8) is 0 Å². The number of rotatable bonds is 10. The molecule has 0 bridgehead atoms. The van der Waals surface area contributed by atoms with Crippen molar-refractivity contribution in [3.8, 4) is 11.5 Å². The molecule has 0 unspecified atom stereocenters. The van der Waals surface area contributed by atoms with Gasteiger partial charge in [-0.15, -0.1) is 0 Å². The molecule has 4 aromatic rings. The Labute approximate surface area is 316 Å². The van der Waals surface area contributed by atoms with E-state index in [-0.39, 0.29) is 43.3 Å². The number of carbonyl (C=O) groups is 3. The second-order valence-electron chi connectivity index (χ2n) is 15.0. The molecule has 7 rings (SSSR count). The molecule has 12 heteroatoms. The molecule has 3 N–H and O–H groups in total. The maximum atomic E-state index is 15.0. The Kier molecular flexibility index (Phi) is 10.1. The highest BCUT2D eigenvalue weighted by Crippen LogP contribution is 2.60. The van der Waals surface area contributed by atoms with Crippen molar-refractivity contribution in [2.24, 2.45) is 5.92 Å². The summed E-state index contributed by atoms with van der Waals surface area (Å²) in [4.78, 5) is 57.2. The zero-order valence-electron chi connectivity index (χ0n) is 31.2. The van der Waals surface area contributed by atoms with Crippen molar-refractivity contribution >= 4 is 37.4 Å². The third kappa shape index (κ3) is 6.68. The fourth-order valence-electron chi connectivity index (χ4n) is 8.69. The van der Waals surface area contributed by atoms with Crippen molar-refractivity contribution in [3.05, 3.63) is 119 Å².